The fourth-order valence-electron chi connectivity index (χ4n) is 2.37. The largest absolute Gasteiger partial charge is 0.417 e. The summed E-state index contributed by atoms with van der Waals surface area (Å²) in [4.78, 5) is 12.0. The van der Waals surface area contributed by atoms with Crippen molar-refractivity contribution < 1.29 is 18.0 Å². The molecule has 3 rings (SSSR count). The number of halogens is 3. The van der Waals surface area contributed by atoms with Gasteiger partial charge in [-0.05, 0) is 12.1 Å². The number of carbonyl (C=O) groups is 1. The van der Waals surface area contributed by atoms with Gasteiger partial charge in [0, 0.05) is 24.9 Å². The smallest absolute Gasteiger partial charge is 0.309 e. The lowest BCUT2D eigenvalue weighted by molar-refractivity contribution is -0.137. The fourth-order valence-corrected chi connectivity index (χ4v) is 2.37. The van der Waals surface area contributed by atoms with E-state index in [1.807, 2.05) is 0 Å². The quantitative estimate of drug-likeness (QED) is 0.788. The average molecular weight is 349 g/mol. The van der Waals surface area contributed by atoms with Crippen molar-refractivity contribution >= 4 is 11.7 Å². The van der Waals surface area contributed by atoms with Crippen molar-refractivity contribution in [3.05, 3.63) is 54.4 Å². The van der Waals surface area contributed by atoms with Crippen molar-refractivity contribution in [2.24, 2.45) is 7.05 Å². The zero-order valence-corrected chi connectivity index (χ0v) is 13.2. The molecule has 0 saturated carbocycles. The molecule has 0 unspecified atom stereocenters. The second-order valence-electron chi connectivity index (χ2n) is 5.33. The zero-order valence-electron chi connectivity index (χ0n) is 13.2. The number of aromatic nitrogens is 4. The van der Waals surface area contributed by atoms with Crippen molar-refractivity contribution in [1.29, 1.82) is 0 Å². The lowest BCUT2D eigenvalue weighted by Crippen LogP contribution is -2.20. The molecule has 0 aliphatic carbocycles. The molecule has 2 heterocycles. The summed E-state index contributed by atoms with van der Waals surface area (Å²) in [7, 11) is 1.68. The summed E-state index contributed by atoms with van der Waals surface area (Å²) in [5.74, 6) is 0.155. The Morgan fingerprint density at radius 2 is 1.96 bits per heavy atom. The average Bonchev–Trinajstić information content (AvgIpc) is 3.16. The number of nitrogens with one attached hydrogen (secondary N) is 1. The Bertz CT molecular complexity index is 897. The molecule has 3 aromatic rings. The topological polar surface area (TPSA) is 64.7 Å². The van der Waals surface area contributed by atoms with Crippen LogP contribution in [-0.2, 0) is 24.6 Å². The summed E-state index contributed by atoms with van der Waals surface area (Å²) in [5.41, 5.74) is -0.637. The molecule has 0 saturated heterocycles. The third-order valence-corrected chi connectivity index (χ3v) is 3.54. The van der Waals surface area contributed by atoms with Crippen molar-refractivity contribution in [2.45, 2.75) is 12.7 Å². The predicted octanol–water partition coefficient (Wildman–Crippen LogP) is 2.94. The Hall–Kier alpha value is -3.10. The number of alkyl halides is 3. The van der Waals surface area contributed by atoms with Gasteiger partial charge in [-0.3, -0.25) is 14.2 Å². The van der Waals surface area contributed by atoms with Gasteiger partial charge in [-0.2, -0.15) is 23.4 Å². The van der Waals surface area contributed by atoms with Crippen molar-refractivity contribution in [2.75, 3.05) is 5.32 Å². The number of hydrogen-bond donors (Lipinski definition) is 1. The third-order valence-electron chi connectivity index (χ3n) is 3.54. The first-order chi connectivity index (χ1) is 11.8. The molecule has 0 bridgehead atoms. The van der Waals surface area contributed by atoms with Crippen LogP contribution in [0.2, 0.25) is 0 Å². The molecular weight excluding hydrogens is 335 g/mol. The SMILES string of the molecule is Cn1nccc1NC(=O)Cn1ccc(-c2ccccc2C(F)(F)F)n1. The van der Waals surface area contributed by atoms with Crippen molar-refractivity contribution in [3.63, 3.8) is 0 Å². The summed E-state index contributed by atoms with van der Waals surface area (Å²) in [6, 6.07) is 8.27. The highest BCUT2D eigenvalue weighted by Gasteiger charge is 2.33. The predicted molar refractivity (Wildman–Crippen MR) is 84.5 cm³/mol. The van der Waals surface area contributed by atoms with E-state index in [0.717, 1.165) is 6.07 Å². The third kappa shape index (κ3) is 3.70. The van der Waals surface area contributed by atoms with Crippen LogP contribution in [0, 0.1) is 0 Å². The summed E-state index contributed by atoms with van der Waals surface area (Å²) >= 11 is 0. The second kappa shape index (κ2) is 6.42. The first-order valence-corrected chi connectivity index (χ1v) is 7.32. The monoisotopic (exact) mass is 349 g/mol. The molecule has 6 nitrogen and oxygen atoms in total. The molecule has 0 aliphatic heterocycles. The van der Waals surface area contributed by atoms with Crippen LogP contribution < -0.4 is 5.32 Å². The fraction of sp³-hybridized carbons (Fsp3) is 0.188. The molecule has 0 spiro atoms. The highest BCUT2D eigenvalue weighted by atomic mass is 19.4. The van der Waals surface area contributed by atoms with Gasteiger partial charge in [0.25, 0.3) is 0 Å². The number of anilines is 1. The molecule has 0 fully saturated rings. The lowest BCUT2D eigenvalue weighted by atomic mass is 10.0. The molecular formula is C16H14F3N5O. The Kier molecular flexibility index (Phi) is 4.30. The van der Waals surface area contributed by atoms with E-state index in [-0.39, 0.29) is 23.7 Å². The van der Waals surface area contributed by atoms with Gasteiger partial charge in [-0.25, -0.2) is 0 Å². The highest BCUT2D eigenvalue weighted by Crippen LogP contribution is 2.36. The summed E-state index contributed by atoms with van der Waals surface area (Å²) in [5, 5.41) is 10.6. The van der Waals surface area contributed by atoms with Gasteiger partial charge in [0.2, 0.25) is 5.91 Å². The molecule has 1 amide bonds. The first-order valence-electron chi connectivity index (χ1n) is 7.32. The van der Waals surface area contributed by atoms with Gasteiger partial charge < -0.3 is 5.32 Å². The minimum Gasteiger partial charge on any atom is -0.309 e. The Balaban J connectivity index is 1.77. The maximum atomic E-state index is 13.1. The number of hydrogen-bond acceptors (Lipinski definition) is 3. The molecule has 25 heavy (non-hydrogen) atoms. The molecule has 2 aromatic heterocycles. The molecule has 1 aromatic carbocycles. The zero-order chi connectivity index (χ0) is 18.0. The van der Waals surface area contributed by atoms with Crippen LogP contribution in [-0.4, -0.2) is 25.5 Å². The van der Waals surface area contributed by atoms with Gasteiger partial charge in [-0.1, -0.05) is 18.2 Å². The number of amides is 1. The van der Waals surface area contributed by atoms with Crippen LogP contribution in [0.1, 0.15) is 5.56 Å². The van der Waals surface area contributed by atoms with Gasteiger partial charge in [0.1, 0.15) is 12.4 Å². The summed E-state index contributed by atoms with van der Waals surface area (Å²) in [6.07, 6.45) is -1.47. The van der Waals surface area contributed by atoms with E-state index in [1.165, 1.54) is 46.0 Å². The lowest BCUT2D eigenvalue weighted by Gasteiger charge is -2.10. The molecule has 1 N–H and O–H groups in total. The van der Waals surface area contributed by atoms with Gasteiger partial charge >= 0.3 is 6.18 Å². The number of carbonyl (C=O) groups excluding carboxylic acids is 1. The van der Waals surface area contributed by atoms with Crippen LogP contribution in [0.3, 0.4) is 0 Å². The van der Waals surface area contributed by atoms with Crippen LogP contribution in [0.5, 0.6) is 0 Å². The second-order valence-corrected chi connectivity index (χ2v) is 5.33. The first kappa shape index (κ1) is 16.7. The standard InChI is InChI=1S/C16H14F3N5O/c1-23-14(6-8-20-23)21-15(25)10-24-9-7-13(22-24)11-4-2-3-5-12(11)16(17,18)19/h2-9H,10H2,1H3,(H,21,25). The molecule has 0 atom stereocenters. The van der Waals surface area contributed by atoms with Gasteiger partial charge in [0.05, 0.1) is 17.5 Å². The van der Waals surface area contributed by atoms with E-state index >= 15 is 0 Å². The van der Waals surface area contributed by atoms with Crippen LogP contribution in [0.25, 0.3) is 11.3 Å². The molecule has 0 radical (unpaired) electrons. The Morgan fingerprint density at radius 3 is 2.64 bits per heavy atom. The number of rotatable bonds is 4. The molecule has 0 aliphatic rings. The number of nitrogens with zero attached hydrogens (tertiary/aromatic N) is 4. The Morgan fingerprint density at radius 1 is 1.20 bits per heavy atom. The Labute approximate surface area is 140 Å². The van der Waals surface area contributed by atoms with Gasteiger partial charge in [-0.15, -0.1) is 0 Å². The molecule has 130 valence electrons. The summed E-state index contributed by atoms with van der Waals surface area (Å²) < 4.78 is 42.1. The van der Waals surface area contributed by atoms with E-state index in [0.29, 0.717) is 5.82 Å². The van der Waals surface area contributed by atoms with E-state index in [9.17, 15) is 18.0 Å². The van der Waals surface area contributed by atoms with E-state index in [1.54, 1.807) is 13.1 Å². The van der Waals surface area contributed by atoms with Crippen LogP contribution in [0.4, 0.5) is 19.0 Å². The normalized spacial score (nSPS) is 11.5. The van der Waals surface area contributed by atoms with E-state index < -0.39 is 11.7 Å². The highest BCUT2D eigenvalue weighted by molar-refractivity contribution is 5.89. The molecule has 9 heteroatoms. The van der Waals surface area contributed by atoms with Crippen LogP contribution >= 0.6 is 0 Å². The van der Waals surface area contributed by atoms with Gasteiger partial charge in [0.15, 0.2) is 0 Å². The maximum absolute atomic E-state index is 13.1. The summed E-state index contributed by atoms with van der Waals surface area (Å²) in [6.45, 7) is -0.126. The van der Waals surface area contributed by atoms with Crippen LogP contribution in [0.15, 0.2) is 48.8 Å². The maximum Gasteiger partial charge on any atom is 0.417 e. The van der Waals surface area contributed by atoms with E-state index in [4.69, 9.17) is 0 Å². The van der Waals surface area contributed by atoms with Crippen molar-refractivity contribution in [1.82, 2.24) is 19.6 Å². The van der Waals surface area contributed by atoms with Crippen molar-refractivity contribution in [3.8, 4) is 11.3 Å². The minimum absolute atomic E-state index is 0.0270. The number of benzene rings is 1. The number of aryl methyl sites for hydroxylation is 1. The van der Waals surface area contributed by atoms with E-state index in [2.05, 4.69) is 15.5 Å². The minimum atomic E-state index is -4.47.